The van der Waals surface area contributed by atoms with E-state index in [4.69, 9.17) is 4.52 Å². The second kappa shape index (κ2) is 7.19. The first-order valence-corrected chi connectivity index (χ1v) is 9.44. The molecule has 3 heterocycles. The molecule has 1 fully saturated rings. The highest BCUT2D eigenvalue weighted by molar-refractivity contribution is 5.67. The summed E-state index contributed by atoms with van der Waals surface area (Å²) < 4.78 is 5.53. The maximum atomic E-state index is 5.53. The molecule has 1 aliphatic rings. The third-order valence-electron chi connectivity index (χ3n) is 5.00. The molecule has 140 valence electrons. The van der Waals surface area contributed by atoms with E-state index < -0.39 is 0 Å². The average Bonchev–Trinajstić information content (AvgIpc) is 3.09. The molecule has 1 aromatic carbocycles. The van der Waals surface area contributed by atoms with Gasteiger partial charge < -0.3 is 4.52 Å². The van der Waals surface area contributed by atoms with Crippen LogP contribution in [0.4, 0.5) is 0 Å². The first kappa shape index (κ1) is 17.8. The third kappa shape index (κ3) is 4.22. The number of rotatable bonds is 4. The Morgan fingerprint density at radius 2 is 2.00 bits per heavy atom. The Morgan fingerprint density at radius 1 is 1.15 bits per heavy atom. The van der Waals surface area contributed by atoms with Gasteiger partial charge in [0.1, 0.15) is 5.82 Å². The van der Waals surface area contributed by atoms with Crippen LogP contribution in [0.15, 0.2) is 41.1 Å². The van der Waals surface area contributed by atoms with Crippen molar-refractivity contribution < 1.29 is 4.52 Å². The number of hydrogen-bond donors (Lipinski definition) is 0. The fraction of sp³-hybridized carbons (Fsp3) is 0.429. The molecule has 4 rings (SSSR count). The zero-order valence-corrected chi connectivity index (χ0v) is 16.1. The topological polar surface area (TPSA) is 67.9 Å². The molecule has 0 spiro atoms. The molecule has 0 unspecified atom stereocenters. The molecule has 1 saturated heterocycles. The van der Waals surface area contributed by atoms with Crippen LogP contribution in [0.3, 0.4) is 0 Å². The Labute approximate surface area is 159 Å². The van der Waals surface area contributed by atoms with Crippen LogP contribution in [0.25, 0.3) is 22.6 Å². The minimum Gasteiger partial charge on any atom is -0.338 e. The van der Waals surface area contributed by atoms with Gasteiger partial charge in [0.25, 0.3) is 0 Å². The summed E-state index contributed by atoms with van der Waals surface area (Å²) >= 11 is 0. The van der Waals surface area contributed by atoms with Crippen molar-refractivity contribution in [2.24, 2.45) is 5.41 Å². The number of piperidine rings is 1. The van der Waals surface area contributed by atoms with Gasteiger partial charge in [0.05, 0.1) is 12.2 Å². The molecule has 0 radical (unpaired) electrons. The predicted molar refractivity (Wildman–Crippen MR) is 104 cm³/mol. The Bertz CT molecular complexity index is 934. The van der Waals surface area contributed by atoms with Crippen molar-refractivity contribution in [3.63, 3.8) is 0 Å². The quantitative estimate of drug-likeness (QED) is 0.694. The number of hydrogen-bond acceptors (Lipinski definition) is 6. The molecule has 0 saturated carbocycles. The molecule has 0 atom stereocenters. The highest BCUT2D eigenvalue weighted by atomic mass is 16.5. The maximum Gasteiger partial charge on any atom is 0.241 e. The van der Waals surface area contributed by atoms with Crippen LogP contribution in [0, 0.1) is 12.3 Å². The van der Waals surface area contributed by atoms with Gasteiger partial charge in [-0.25, -0.2) is 9.97 Å². The van der Waals surface area contributed by atoms with Gasteiger partial charge in [-0.2, -0.15) is 4.98 Å². The van der Waals surface area contributed by atoms with Crippen molar-refractivity contribution in [1.29, 1.82) is 0 Å². The molecule has 2 aromatic heterocycles. The summed E-state index contributed by atoms with van der Waals surface area (Å²) in [5, 5.41) is 4.20. The van der Waals surface area contributed by atoms with E-state index in [0.717, 1.165) is 35.7 Å². The molecule has 27 heavy (non-hydrogen) atoms. The molecule has 6 nitrogen and oxygen atoms in total. The minimum absolute atomic E-state index is 0.352. The Balaban J connectivity index is 1.52. The van der Waals surface area contributed by atoms with Crippen LogP contribution in [-0.2, 0) is 6.54 Å². The summed E-state index contributed by atoms with van der Waals surface area (Å²) in [6, 6.07) is 9.97. The highest BCUT2D eigenvalue weighted by Crippen LogP contribution is 2.29. The van der Waals surface area contributed by atoms with Crippen molar-refractivity contribution in [2.45, 2.75) is 40.2 Å². The van der Waals surface area contributed by atoms with Gasteiger partial charge in [-0.3, -0.25) is 4.90 Å². The first-order chi connectivity index (χ1) is 13.0. The van der Waals surface area contributed by atoms with E-state index in [1.165, 1.54) is 12.8 Å². The van der Waals surface area contributed by atoms with Crippen LogP contribution in [-0.4, -0.2) is 38.1 Å². The minimum atomic E-state index is 0.352. The largest absolute Gasteiger partial charge is 0.338 e. The van der Waals surface area contributed by atoms with Crippen molar-refractivity contribution in [1.82, 2.24) is 25.0 Å². The van der Waals surface area contributed by atoms with E-state index in [-0.39, 0.29) is 0 Å². The lowest BCUT2D eigenvalue weighted by atomic mass is 9.84. The van der Waals surface area contributed by atoms with Crippen molar-refractivity contribution in [3.05, 3.63) is 48.2 Å². The molecule has 6 heteroatoms. The second-order valence-electron chi connectivity index (χ2n) is 8.06. The molecule has 0 amide bonds. The number of aryl methyl sites for hydroxylation is 1. The molecule has 3 aromatic rings. The fourth-order valence-electron chi connectivity index (χ4n) is 3.74. The smallest absolute Gasteiger partial charge is 0.241 e. The summed E-state index contributed by atoms with van der Waals surface area (Å²) in [5.41, 5.74) is 3.19. The number of benzene rings is 1. The van der Waals surface area contributed by atoms with Crippen LogP contribution in [0.2, 0.25) is 0 Å². The standard InChI is InChI=1S/C21H25N5O/c1-15-22-10-8-18(23-15)16-6-4-7-17(12-16)20-24-19(27-25-20)13-26-11-5-9-21(2,3)14-26/h4,6-8,10,12H,5,9,11,13-14H2,1-3H3. The Morgan fingerprint density at radius 3 is 2.81 bits per heavy atom. The molecule has 0 bridgehead atoms. The van der Waals surface area contributed by atoms with Crippen LogP contribution in [0.1, 0.15) is 38.4 Å². The normalized spacial score (nSPS) is 17.1. The molecular weight excluding hydrogens is 338 g/mol. The summed E-state index contributed by atoms with van der Waals surface area (Å²) in [7, 11) is 0. The lowest BCUT2D eigenvalue weighted by molar-refractivity contribution is 0.101. The van der Waals surface area contributed by atoms with Gasteiger partial charge in [-0.1, -0.05) is 37.2 Å². The summed E-state index contributed by atoms with van der Waals surface area (Å²) in [6.07, 6.45) is 4.26. The van der Waals surface area contributed by atoms with Gasteiger partial charge in [0.2, 0.25) is 11.7 Å². The average molecular weight is 363 g/mol. The van der Waals surface area contributed by atoms with Crippen molar-refractivity contribution in [2.75, 3.05) is 13.1 Å². The Kier molecular flexibility index (Phi) is 4.74. The van der Waals surface area contributed by atoms with E-state index in [1.54, 1.807) is 6.20 Å². The van der Waals surface area contributed by atoms with Crippen molar-refractivity contribution in [3.8, 4) is 22.6 Å². The zero-order valence-electron chi connectivity index (χ0n) is 16.1. The molecular formula is C21H25N5O. The molecule has 0 N–H and O–H groups in total. The van der Waals surface area contributed by atoms with Gasteiger partial charge in [-0.15, -0.1) is 0 Å². The summed E-state index contributed by atoms with van der Waals surface area (Å²) in [5.74, 6) is 2.05. The SMILES string of the molecule is Cc1nccc(-c2cccc(-c3noc(CN4CCCC(C)(C)C4)n3)c2)n1. The summed E-state index contributed by atoms with van der Waals surface area (Å²) in [4.78, 5) is 15.7. The van der Waals surface area contributed by atoms with E-state index in [0.29, 0.717) is 23.7 Å². The number of likely N-dealkylation sites (tertiary alicyclic amines) is 1. The maximum absolute atomic E-state index is 5.53. The lowest BCUT2D eigenvalue weighted by Gasteiger charge is -2.37. The van der Waals surface area contributed by atoms with Gasteiger partial charge in [0.15, 0.2) is 0 Å². The molecule has 1 aliphatic heterocycles. The third-order valence-corrected chi connectivity index (χ3v) is 5.00. The van der Waals surface area contributed by atoms with Gasteiger partial charge >= 0.3 is 0 Å². The fourth-order valence-corrected chi connectivity index (χ4v) is 3.74. The van der Waals surface area contributed by atoms with E-state index in [2.05, 4.69) is 38.9 Å². The van der Waals surface area contributed by atoms with E-state index in [9.17, 15) is 0 Å². The first-order valence-electron chi connectivity index (χ1n) is 9.44. The van der Waals surface area contributed by atoms with Gasteiger partial charge in [-0.05, 0) is 43.9 Å². The van der Waals surface area contributed by atoms with Crippen LogP contribution < -0.4 is 0 Å². The van der Waals surface area contributed by atoms with E-state index in [1.807, 2.05) is 37.3 Å². The highest BCUT2D eigenvalue weighted by Gasteiger charge is 2.27. The van der Waals surface area contributed by atoms with Crippen molar-refractivity contribution >= 4 is 0 Å². The van der Waals surface area contributed by atoms with Crippen LogP contribution in [0.5, 0.6) is 0 Å². The number of nitrogens with zero attached hydrogens (tertiary/aromatic N) is 5. The van der Waals surface area contributed by atoms with Crippen LogP contribution >= 0.6 is 0 Å². The predicted octanol–water partition coefficient (Wildman–Crippen LogP) is 4.12. The molecule has 0 aliphatic carbocycles. The zero-order chi connectivity index (χ0) is 18.9. The second-order valence-corrected chi connectivity index (χ2v) is 8.06. The van der Waals surface area contributed by atoms with Gasteiger partial charge in [0, 0.05) is 23.9 Å². The Hall–Kier alpha value is -2.60. The lowest BCUT2D eigenvalue weighted by Crippen LogP contribution is -2.39. The number of aromatic nitrogens is 4. The monoisotopic (exact) mass is 363 g/mol. The summed E-state index contributed by atoms with van der Waals surface area (Å²) in [6.45, 7) is 9.39. The van der Waals surface area contributed by atoms with E-state index >= 15 is 0 Å².